The smallest absolute Gasteiger partial charge is 0.335 e. The summed E-state index contributed by atoms with van der Waals surface area (Å²) in [6.07, 6.45) is 66.4. The minimum absolute atomic E-state index is 0.0423. The number of ether oxygens (including phenoxy) is 5. The lowest BCUT2D eigenvalue weighted by atomic mass is 9.98. The summed E-state index contributed by atoms with van der Waals surface area (Å²) in [5, 5.41) is 31.6. The van der Waals surface area contributed by atoms with E-state index in [2.05, 4.69) is 112 Å². The Morgan fingerprint density at radius 2 is 0.795 bits per heavy atom. The Labute approximate surface area is 504 Å². The molecular weight excluding hydrogens is 1040 g/mol. The van der Waals surface area contributed by atoms with Gasteiger partial charge in [0.2, 0.25) is 0 Å². The largest absolute Gasteiger partial charge is 0.479 e. The first-order valence-corrected chi connectivity index (χ1v) is 32.9. The number of aliphatic carboxylic acids is 1. The Bertz CT molecular complexity index is 1860. The quantitative estimate of drug-likeness (QED) is 0.0228. The Hall–Kier alpha value is -4.62. The van der Waals surface area contributed by atoms with Crippen LogP contribution in [0.15, 0.2) is 109 Å². The molecule has 0 spiro atoms. The SMILES string of the molecule is CC/C=C\C/C=C\C/C=C\C/C=C\C/C=C\CC(=O)OC(COC(=O)CCCCCCCC/C=C\C/C=C\C/C=C\CCCCC)COC1OC(C(=O)O)C(O)C(O)C1OC(=O)CCCCCCCCCCC/C=C\CCCCCCCC. The molecule has 12 heteroatoms. The average molecular weight is 1160 g/mol. The van der Waals surface area contributed by atoms with Crippen molar-refractivity contribution in [2.24, 2.45) is 0 Å². The van der Waals surface area contributed by atoms with Crippen LogP contribution in [-0.4, -0.2) is 89.2 Å². The van der Waals surface area contributed by atoms with E-state index < -0.39 is 67.3 Å². The van der Waals surface area contributed by atoms with Gasteiger partial charge < -0.3 is 39.0 Å². The maximum atomic E-state index is 13.1. The van der Waals surface area contributed by atoms with Crippen LogP contribution in [0.3, 0.4) is 0 Å². The third kappa shape index (κ3) is 47.3. The number of aliphatic hydroxyl groups is 2. The van der Waals surface area contributed by atoms with Crippen molar-refractivity contribution >= 4 is 23.9 Å². The second-order valence-corrected chi connectivity index (χ2v) is 22.0. The van der Waals surface area contributed by atoms with Gasteiger partial charge in [-0.1, -0.05) is 246 Å². The highest BCUT2D eigenvalue weighted by Gasteiger charge is 2.50. The van der Waals surface area contributed by atoms with E-state index in [9.17, 15) is 34.5 Å². The van der Waals surface area contributed by atoms with E-state index in [0.717, 1.165) is 109 Å². The van der Waals surface area contributed by atoms with Gasteiger partial charge in [-0.3, -0.25) is 14.4 Å². The first-order valence-electron chi connectivity index (χ1n) is 32.9. The van der Waals surface area contributed by atoms with Crippen molar-refractivity contribution in [3.63, 3.8) is 0 Å². The third-order valence-corrected chi connectivity index (χ3v) is 14.3. The Morgan fingerprint density at radius 1 is 0.422 bits per heavy atom. The molecule has 472 valence electrons. The van der Waals surface area contributed by atoms with Gasteiger partial charge in [0.25, 0.3) is 0 Å². The molecule has 12 nitrogen and oxygen atoms in total. The van der Waals surface area contributed by atoms with Crippen LogP contribution in [0.4, 0.5) is 0 Å². The van der Waals surface area contributed by atoms with Crippen LogP contribution in [0.2, 0.25) is 0 Å². The molecule has 1 rings (SSSR count). The topological polar surface area (TPSA) is 175 Å². The highest BCUT2D eigenvalue weighted by molar-refractivity contribution is 5.74. The van der Waals surface area contributed by atoms with Crippen LogP contribution in [0, 0.1) is 0 Å². The van der Waals surface area contributed by atoms with Gasteiger partial charge in [0, 0.05) is 12.8 Å². The van der Waals surface area contributed by atoms with Crippen molar-refractivity contribution < 1.29 is 58.2 Å². The van der Waals surface area contributed by atoms with E-state index in [-0.39, 0.29) is 25.9 Å². The van der Waals surface area contributed by atoms with Crippen LogP contribution < -0.4 is 0 Å². The summed E-state index contributed by atoms with van der Waals surface area (Å²) in [5.41, 5.74) is 0. The summed E-state index contributed by atoms with van der Waals surface area (Å²) in [6.45, 7) is 5.77. The van der Waals surface area contributed by atoms with Crippen molar-refractivity contribution in [1.82, 2.24) is 0 Å². The second kappa shape index (κ2) is 57.8. The molecule has 83 heavy (non-hydrogen) atoms. The fraction of sp³-hybridized carbons (Fsp3) is 0.690. The van der Waals surface area contributed by atoms with Gasteiger partial charge in [-0.05, 0) is 109 Å². The van der Waals surface area contributed by atoms with E-state index in [1.807, 2.05) is 12.2 Å². The van der Waals surface area contributed by atoms with Crippen LogP contribution in [0.1, 0.15) is 265 Å². The standard InChI is InChI=1S/C71H116O12/c1-4-7-10-13-16-19-22-25-28-30-32-34-37-39-42-45-48-51-54-57-63(72)79-60-62(81-64(73)58-55-52-49-46-43-40-36-27-24-21-18-15-12-9-6-3)61-80-71-69(67(76)66(75)68(83-71)70(77)78)82-65(74)59-56-53-50-47-44-41-38-35-33-31-29-26-23-20-17-14-11-8-5-2/h9,12,16,18-19,21,25-29,32,34,36,43,46,52,55,62,66-69,71,75-76H,4-8,10-11,13-15,17,20,22-24,30-31,33,35,37-42,44-45,47-51,53-54,56-61H2,1-3H3,(H,77,78)/b12-9-,19-16-,21-18-,28-25-,29-26-,34-32-,36-27-,46-43-,55-52-. The fourth-order valence-electron chi connectivity index (χ4n) is 9.33. The number of carbonyl (C=O) groups is 4. The number of unbranched alkanes of at least 4 members (excludes halogenated alkanes) is 24. The van der Waals surface area contributed by atoms with Crippen LogP contribution in [0.5, 0.6) is 0 Å². The number of rotatable bonds is 55. The number of carboxylic acid groups (broad SMARTS) is 1. The number of esters is 3. The number of hydrogen-bond donors (Lipinski definition) is 3. The molecule has 1 fully saturated rings. The van der Waals surface area contributed by atoms with Gasteiger partial charge in [-0.15, -0.1) is 0 Å². The van der Waals surface area contributed by atoms with Crippen molar-refractivity contribution in [3.05, 3.63) is 109 Å². The first kappa shape index (κ1) is 76.4. The highest BCUT2D eigenvalue weighted by Crippen LogP contribution is 2.26. The van der Waals surface area contributed by atoms with E-state index in [1.54, 1.807) is 6.08 Å². The lowest BCUT2D eigenvalue weighted by Crippen LogP contribution is -2.61. The molecule has 1 aliphatic rings. The van der Waals surface area contributed by atoms with Crippen molar-refractivity contribution in [2.45, 2.75) is 302 Å². The van der Waals surface area contributed by atoms with Crippen molar-refractivity contribution in [2.75, 3.05) is 13.2 Å². The van der Waals surface area contributed by atoms with Crippen LogP contribution >= 0.6 is 0 Å². The molecule has 0 bridgehead atoms. The number of allylic oxidation sites excluding steroid dienone is 17. The number of carboxylic acids is 1. The maximum Gasteiger partial charge on any atom is 0.335 e. The fourth-order valence-corrected chi connectivity index (χ4v) is 9.33. The summed E-state index contributed by atoms with van der Waals surface area (Å²) in [4.78, 5) is 51.3. The maximum absolute atomic E-state index is 13.1. The molecule has 0 saturated carbocycles. The number of aliphatic hydroxyl groups excluding tert-OH is 2. The van der Waals surface area contributed by atoms with E-state index in [4.69, 9.17) is 23.7 Å². The molecule has 0 aliphatic carbocycles. The molecule has 6 unspecified atom stereocenters. The Kier molecular flexibility index (Phi) is 53.2. The van der Waals surface area contributed by atoms with Crippen molar-refractivity contribution in [1.29, 1.82) is 0 Å². The molecule has 6 atom stereocenters. The monoisotopic (exact) mass is 1160 g/mol. The lowest BCUT2D eigenvalue weighted by Gasteiger charge is -2.40. The lowest BCUT2D eigenvalue weighted by molar-refractivity contribution is -0.301. The van der Waals surface area contributed by atoms with Gasteiger partial charge >= 0.3 is 23.9 Å². The Morgan fingerprint density at radius 3 is 1.25 bits per heavy atom. The second-order valence-electron chi connectivity index (χ2n) is 22.0. The van der Waals surface area contributed by atoms with Crippen molar-refractivity contribution in [3.8, 4) is 0 Å². The normalized spacial score (nSPS) is 18.3. The van der Waals surface area contributed by atoms with Gasteiger partial charge in [0.05, 0.1) is 13.0 Å². The summed E-state index contributed by atoms with van der Waals surface area (Å²) in [6, 6.07) is 0. The zero-order valence-corrected chi connectivity index (χ0v) is 52.2. The summed E-state index contributed by atoms with van der Waals surface area (Å²) < 4.78 is 28.4. The molecule has 0 amide bonds. The number of carbonyl (C=O) groups excluding carboxylic acids is 3. The predicted molar refractivity (Wildman–Crippen MR) is 340 cm³/mol. The molecule has 0 aromatic carbocycles. The summed E-state index contributed by atoms with van der Waals surface area (Å²) in [7, 11) is 0. The highest BCUT2D eigenvalue weighted by atomic mass is 16.7. The minimum Gasteiger partial charge on any atom is -0.479 e. The van der Waals surface area contributed by atoms with E-state index in [1.165, 1.54) is 96.3 Å². The molecule has 1 heterocycles. The van der Waals surface area contributed by atoms with Crippen LogP contribution in [0.25, 0.3) is 0 Å². The predicted octanol–water partition coefficient (Wildman–Crippen LogP) is 17.8. The minimum atomic E-state index is -1.92. The molecule has 1 aliphatic heterocycles. The molecule has 0 aromatic rings. The zero-order chi connectivity index (χ0) is 60.3. The average Bonchev–Trinajstić information content (AvgIpc) is 3.60. The molecule has 1 saturated heterocycles. The van der Waals surface area contributed by atoms with Crippen LogP contribution in [-0.2, 0) is 42.9 Å². The first-order chi connectivity index (χ1) is 40.6. The summed E-state index contributed by atoms with van der Waals surface area (Å²) in [5.74, 6) is -3.31. The Balaban J connectivity index is 2.70. The molecule has 0 aromatic heterocycles. The van der Waals surface area contributed by atoms with Gasteiger partial charge in [-0.25, -0.2) is 4.79 Å². The van der Waals surface area contributed by atoms with Gasteiger partial charge in [-0.2, -0.15) is 0 Å². The van der Waals surface area contributed by atoms with E-state index in [0.29, 0.717) is 19.3 Å². The zero-order valence-electron chi connectivity index (χ0n) is 52.2. The van der Waals surface area contributed by atoms with Gasteiger partial charge in [0.15, 0.2) is 24.6 Å². The summed E-state index contributed by atoms with van der Waals surface area (Å²) >= 11 is 0. The number of hydrogen-bond acceptors (Lipinski definition) is 11. The molecule has 0 radical (unpaired) electrons. The third-order valence-electron chi connectivity index (χ3n) is 14.3. The van der Waals surface area contributed by atoms with E-state index >= 15 is 0 Å². The van der Waals surface area contributed by atoms with Gasteiger partial charge in [0.1, 0.15) is 18.8 Å². The molecule has 3 N–H and O–H groups in total. The molecular formula is C71H116O12.